The van der Waals surface area contributed by atoms with Crippen LogP contribution in [0.25, 0.3) is 0 Å². The molecule has 0 bridgehead atoms. The van der Waals surface area contributed by atoms with Gasteiger partial charge in [-0.2, -0.15) is 9.66 Å². The van der Waals surface area contributed by atoms with Gasteiger partial charge in [0.15, 0.2) is 0 Å². The predicted octanol–water partition coefficient (Wildman–Crippen LogP) is 3.91. The molecule has 7 heteroatoms. The Labute approximate surface area is 167 Å². The smallest absolute Gasteiger partial charge is 0.300 e. The molecule has 1 fully saturated rings. The van der Waals surface area contributed by atoms with Crippen molar-refractivity contribution in [2.75, 3.05) is 5.01 Å². The van der Waals surface area contributed by atoms with E-state index in [1.807, 2.05) is 41.4 Å². The van der Waals surface area contributed by atoms with Gasteiger partial charge in [-0.05, 0) is 60.6 Å². The molecule has 0 saturated heterocycles. The highest BCUT2D eigenvalue weighted by atomic mass is 35.5. The number of aromatic nitrogens is 3. The highest BCUT2D eigenvalue weighted by Gasteiger charge is 2.31. The summed E-state index contributed by atoms with van der Waals surface area (Å²) in [6, 6.07) is 14.5. The summed E-state index contributed by atoms with van der Waals surface area (Å²) in [5.41, 5.74) is 1.83. The molecule has 4 rings (SSSR count). The van der Waals surface area contributed by atoms with Crippen molar-refractivity contribution in [2.45, 2.75) is 37.8 Å². The van der Waals surface area contributed by atoms with E-state index in [-0.39, 0.29) is 17.5 Å². The standard InChI is InChI=1S/C21H20ClFN4O/c22-18-6-1-15(2-7-18)12-26(27-14-24-13-25-21(27)28)20-10-5-17(11-20)16-3-8-19(23)9-4-16/h1-4,6-9,13-14,17,20H,5,10-12H2. The van der Waals surface area contributed by atoms with Crippen molar-refractivity contribution >= 4 is 11.6 Å². The summed E-state index contributed by atoms with van der Waals surface area (Å²) < 4.78 is 14.7. The molecule has 28 heavy (non-hydrogen) atoms. The largest absolute Gasteiger partial charge is 0.369 e. The Morgan fingerprint density at radius 2 is 1.86 bits per heavy atom. The van der Waals surface area contributed by atoms with Crippen LogP contribution in [0.4, 0.5) is 4.39 Å². The first kappa shape index (κ1) is 18.6. The summed E-state index contributed by atoms with van der Waals surface area (Å²) in [7, 11) is 0. The van der Waals surface area contributed by atoms with Gasteiger partial charge in [-0.15, -0.1) is 0 Å². The quantitative estimate of drug-likeness (QED) is 0.654. The first-order chi connectivity index (χ1) is 13.6. The molecule has 1 saturated carbocycles. The fourth-order valence-corrected chi connectivity index (χ4v) is 4.01. The molecular weight excluding hydrogens is 379 g/mol. The number of rotatable bonds is 5. The fraction of sp³-hybridized carbons (Fsp3) is 0.286. The summed E-state index contributed by atoms with van der Waals surface area (Å²) in [6.07, 6.45) is 5.55. The monoisotopic (exact) mass is 398 g/mol. The van der Waals surface area contributed by atoms with Crippen molar-refractivity contribution in [3.8, 4) is 0 Å². The van der Waals surface area contributed by atoms with Gasteiger partial charge >= 0.3 is 5.69 Å². The Bertz CT molecular complexity index is 990. The van der Waals surface area contributed by atoms with Gasteiger partial charge in [0, 0.05) is 11.1 Å². The van der Waals surface area contributed by atoms with Crippen LogP contribution in [0, 0.1) is 5.82 Å². The predicted molar refractivity (Wildman–Crippen MR) is 106 cm³/mol. The van der Waals surface area contributed by atoms with Gasteiger partial charge < -0.3 is 0 Å². The fourth-order valence-electron chi connectivity index (χ4n) is 3.88. The average molecular weight is 399 g/mol. The molecule has 1 aromatic heterocycles. The molecule has 1 aliphatic rings. The summed E-state index contributed by atoms with van der Waals surface area (Å²) >= 11 is 6.00. The zero-order valence-corrected chi connectivity index (χ0v) is 16.0. The van der Waals surface area contributed by atoms with E-state index in [2.05, 4.69) is 9.97 Å². The minimum Gasteiger partial charge on any atom is -0.300 e. The number of halogens is 2. The van der Waals surface area contributed by atoms with E-state index in [0.29, 0.717) is 17.5 Å². The molecule has 3 aromatic rings. The second-order valence-electron chi connectivity index (χ2n) is 7.08. The van der Waals surface area contributed by atoms with Crippen LogP contribution >= 0.6 is 11.6 Å². The molecule has 0 amide bonds. The van der Waals surface area contributed by atoms with Crippen molar-refractivity contribution in [1.29, 1.82) is 0 Å². The van der Waals surface area contributed by atoms with E-state index in [9.17, 15) is 9.18 Å². The van der Waals surface area contributed by atoms with Crippen molar-refractivity contribution in [1.82, 2.24) is 14.6 Å². The molecule has 1 heterocycles. The van der Waals surface area contributed by atoms with Gasteiger partial charge in [0.05, 0.1) is 6.54 Å². The molecule has 2 aromatic carbocycles. The van der Waals surface area contributed by atoms with Gasteiger partial charge in [0.1, 0.15) is 18.5 Å². The second kappa shape index (κ2) is 8.10. The Morgan fingerprint density at radius 3 is 2.57 bits per heavy atom. The summed E-state index contributed by atoms with van der Waals surface area (Å²) in [5, 5.41) is 2.70. The molecule has 1 aliphatic carbocycles. The third kappa shape index (κ3) is 4.07. The lowest BCUT2D eigenvalue weighted by Gasteiger charge is -2.31. The molecule has 0 spiro atoms. The van der Waals surface area contributed by atoms with Gasteiger partial charge in [-0.3, -0.25) is 5.01 Å². The zero-order valence-electron chi connectivity index (χ0n) is 15.2. The molecule has 5 nitrogen and oxygen atoms in total. The Kier molecular flexibility index (Phi) is 5.39. The summed E-state index contributed by atoms with van der Waals surface area (Å²) in [4.78, 5) is 20.2. The second-order valence-corrected chi connectivity index (χ2v) is 7.51. The van der Waals surface area contributed by atoms with E-state index in [1.165, 1.54) is 29.5 Å². The van der Waals surface area contributed by atoms with Crippen LogP contribution < -0.4 is 10.7 Å². The SMILES string of the molecule is O=c1ncncn1N(Cc1ccc(Cl)cc1)C1CCC(c2ccc(F)cc2)C1. The van der Waals surface area contributed by atoms with E-state index in [0.717, 1.165) is 30.4 Å². The third-order valence-corrected chi connectivity index (χ3v) is 5.56. The Morgan fingerprint density at radius 1 is 1.11 bits per heavy atom. The van der Waals surface area contributed by atoms with E-state index in [4.69, 9.17) is 11.6 Å². The van der Waals surface area contributed by atoms with Crippen molar-refractivity contribution in [3.63, 3.8) is 0 Å². The summed E-state index contributed by atoms with van der Waals surface area (Å²) in [5.74, 6) is 0.106. The van der Waals surface area contributed by atoms with Crippen LogP contribution in [-0.2, 0) is 6.54 Å². The minimum absolute atomic E-state index is 0.148. The Balaban J connectivity index is 1.60. The van der Waals surface area contributed by atoms with Crippen LogP contribution in [0.2, 0.25) is 5.02 Å². The van der Waals surface area contributed by atoms with Gasteiger partial charge in [0.2, 0.25) is 0 Å². The molecule has 0 aliphatic heterocycles. The maximum absolute atomic E-state index is 13.2. The lowest BCUT2D eigenvalue weighted by Crippen LogP contribution is -2.48. The first-order valence-electron chi connectivity index (χ1n) is 9.25. The van der Waals surface area contributed by atoms with Crippen LogP contribution in [-0.4, -0.2) is 20.7 Å². The molecule has 2 unspecified atom stereocenters. The zero-order chi connectivity index (χ0) is 19.5. The van der Waals surface area contributed by atoms with Crippen LogP contribution in [0.3, 0.4) is 0 Å². The lowest BCUT2D eigenvalue weighted by molar-refractivity contribution is 0.445. The van der Waals surface area contributed by atoms with Gasteiger partial charge in [-0.25, -0.2) is 14.2 Å². The van der Waals surface area contributed by atoms with Crippen molar-refractivity contribution in [2.24, 2.45) is 0 Å². The number of benzene rings is 2. The van der Waals surface area contributed by atoms with Crippen LogP contribution in [0.1, 0.15) is 36.3 Å². The average Bonchev–Trinajstić information content (AvgIpc) is 3.19. The molecule has 0 radical (unpaired) electrons. The highest BCUT2D eigenvalue weighted by molar-refractivity contribution is 6.30. The third-order valence-electron chi connectivity index (χ3n) is 5.31. The lowest BCUT2D eigenvalue weighted by atomic mass is 9.97. The van der Waals surface area contributed by atoms with Gasteiger partial charge in [-0.1, -0.05) is 35.9 Å². The number of hydrogen-bond acceptors (Lipinski definition) is 4. The molecular formula is C21H20ClFN4O. The summed E-state index contributed by atoms with van der Waals surface area (Å²) in [6.45, 7) is 0.547. The molecule has 2 atom stereocenters. The molecule has 144 valence electrons. The normalized spacial score (nSPS) is 18.9. The topological polar surface area (TPSA) is 51.0 Å². The van der Waals surface area contributed by atoms with E-state index >= 15 is 0 Å². The maximum Gasteiger partial charge on any atom is 0.369 e. The number of hydrogen-bond donors (Lipinski definition) is 0. The minimum atomic E-state index is -0.353. The Hall–Kier alpha value is -2.73. The van der Waals surface area contributed by atoms with E-state index < -0.39 is 0 Å². The van der Waals surface area contributed by atoms with Crippen molar-refractivity contribution < 1.29 is 4.39 Å². The maximum atomic E-state index is 13.2. The van der Waals surface area contributed by atoms with Gasteiger partial charge in [0.25, 0.3) is 0 Å². The van der Waals surface area contributed by atoms with Crippen LogP contribution in [0.5, 0.6) is 0 Å². The number of nitrogens with zero attached hydrogens (tertiary/aromatic N) is 4. The van der Waals surface area contributed by atoms with Crippen LogP contribution in [0.15, 0.2) is 66.0 Å². The van der Waals surface area contributed by atoms with E-state index in [1.54, 1.807) is 0 Å². The highest BCUT2D eigenvalue weighted by Crippen LogP contribution is 2.36. The van der Waals surface area contributed by atoms with Crippen molar-refractivity contribution in [3.05, 3.63) is 93.6 Å². The molecule has 0 N–H and O–H groups in total. The first-order valence-corrected chi connectivity index (χ1v) is 9.63.